The van der Waals surface area contributed by atoms with Crippen LogP contribution in [0.1, 0.15) is 37.4 Å². The van der Waals surface area contributed by atoms with Gasteiger partial charge in [0, 0.05) is 16.9 Å². The van der Waals surface area contributed by atoms with Crippen molar-refractivity contribution in [3.05, 3.63) is 16.3 Å². The number of rotatable bonds is 7. The number of thioether (sulfide) groups is 1. The summed E-state index contributed by atoms with van der Waals surface area (Å²) in [7, 11) is 0. The van der Waals surface area contributed by atoms with Gasteiger partial charge in [-0.05, 0) is 17.4 Å². The quantitative estimate of drug-likeness (QED) is 0.743. The van der Waals surface area contributed by atoms with Gasteiger partial charge in [0.25, 0.3) is 11.7 Å². The third kappa shape index (κ3) is 5.23. The molecule has 0 aliphatic rings. The zero-order valence-electron chi connectivity index (χ0n) is 12.5. The van der Waals surface area contributed by atoms with Crippen molar-refractivity contribution in [2.24, 2.45) is 11.3 Å². The molecule has 7 heteroatoms. The van der Waals surface area contributed by atoms with E-state index in [9.17, 15) is 18.7 Å². The molecule has 0 aromatic carbocycles. The molecule has 1 unspecified atom stereocenters. The standard InChI is InChI=1S/C14H21F2NO2S2/c1-8(2)11(18)14(3,4)7-17-12(19)10-9(5-6-20-10)21-13(15)16/h5-6,8,11,13,18H,7H2,1-4H3,(H,17,19). The minimum Gasteiger partial charge on any atom is -0.392 e. The summed E-state index contributed by atoms with van der Waals surface area (Å²) in [5.74, 6) is -2.86. The smallest absolute Gasteiger partial charge is 0.288 e. The van der Waals surface area contributed by atoms with Gasteiger partial charge >= 0.3 is 0 Å². The molecule has 1 heterocycles. The van der Waals surface area contributed by atoms with Gasteiger partial charge in [-0.2, -0.15) is 8.78 Å². The minimum atomic E-state index is -2.55. The van der Waals surface area contributed by atoms with Gasteiger partial charge in [-0.15, -0.1) is 11.3 Å². The summed E-state index contributed by atoms with van der Waals surface area (Å²) >= 11 is 1.51. The molecular formula is C14H21F2NO2S2. The number of carbonyl (C=O) groups excluding carboxylic acids is 1. The second-order valence-corrected chi connectivity index (χ2v) is 7.80. The zero-order chi connectivity index (χ0) is 16.2. The predicted octanol–water partition coefficient (Wildman–Crippen LogP) is 3.84. The lowest BCUT2D eigenvalue weighted by atomic mass is 9.81. The third-order valence-corrected chi connectivity index (χ3v) is 5.00. The first-order valence-corrected chi connectivity index (χ1v) is 8.39. The Morgan fingerprint density at radius 2 is 2.10 bits per heavy atom. The Bertz CT molecular complexity index is 475. The van der Waals surface area contributed by atoms with Crippen LogP contribution in [0.15, 0.2) is 16.3 Å². The van der Waals surface area contributed by atoms with E-state index in [1.165, 1.54) is 6.07 Å². The van der Waals surface area contributed by atoms with Crippen LogP contribution in [0.4, 0.5) is 8.78 Å². The largest absolute Gasteiger partial charge is 0.392 e. The van der Waals surface area contributed by atoms with Crippen molar-refractivity contribution in [2.75, 3.05) is 6.54 Å². The molecule has 0 radical (unpaired) electrons. The van der Waals surface area contributed by atoms with E-state index < -0.39 is 17.3 Å². The number of thiophene rings is 1. The normalized spacial score (nSPS) is 13.8. The SMILES string of the molecule is CC(C)C(O)C(C)(C)CNC(=O)c1sccc1SC(F)F. The van der Waals surface area contributed by atoms with Crippen LogP contribution in [-0.2, 0) is 0 Å². The first-order chi connectivity index (χ1) is 9.65. The minimum absolute atomic E-state index is 0.0728. The fourth-order valence-electron chi connectivity index (χ4n) is 2.05. The highest BCUT2D eigenvalue weighted by molar-refractivity contribution is 7.99. The van der Waals surface area contributed by atoms with Crippen molar-refractivity contribution < 1.29 is 18.7 Å². The van der Waals surface area contributed by atoms with E-state index in [4.69, 9.17) is 0 Å². The molecule has 0 spiro atoms. The molecule has 1 aromatic rings. The van der Waals surface area contributed by atoms with E-state index in [1.807, 2.05) is 27.7 Å². The number of amides is 1. The molecule has 0 aliphatic carbocycles. The Labute approximate surface area is 132 Å². The van der Waals surface area contributed by atoms with Crippen molar-refractivity contribution >= 4 is 29.0 Å². The highest BCUT2D eigenvalue weighted by atomic mass is 32.2. The maximum atomic E-state index is 12.4. The van der Waals surface area contributed by atoms with Gasteiger partial charge in [0.05, 0.1) is 6.10 Å². The van der Waals surface area contributed by atoms with Crippen LogP contribution in [0, 0.1) is 11.3 Å². The van der Waals surface area contributed by atoms with Crippen LogP contribution in [0.5, 0.6) is 0 Å². The molecule has 0 aliphatic heterocycles. The fraction of sp³-hybridized carbons (Fsp3) is 0.643. The van der Waals surface area contributed by atoms with Crippen molar-refractivity contribution in [1.29, 1.82) is 0 Å². The fourth-order valence-corrected chi connectivity index (χ4v) is 3.66. The molecule has 1 rings (SSSR count). The number of hydrogen-bond donors (Lipinski definition) is 2. The predicted molar refractivity (Wildman–Crippen MR) is 83.1 cm³/mol. The number of nitrogens with one attached hydrogen (secondary N) is 1. The molecule has 2 N–H and O–H groups in total. The molecule has 3 nitrogen and oxygen atoms in total. The van der Waals surface area contributed by atoms with Gasteiger partial charge in [-0.25, -0.2) is 0 Å². The second-order valence-electron chi connectivity index (χ2n) is 5.85. The monoisotopic (exact) mass is 337 g/mol. The third-order valence-electron chi connectivity index (χ3n) is 3.19. The number of hydrogen-bond acceptors (Lipinski definition) is 4. The number of alkyl halides is 2. The molecule has 1 atom stereocenters. The van der Waals surface area contributed by atoms with E-state index in [-0.39, 0.29) is 28.1 Å². The molecule has 21 heavy (non-hydrogen) atoms. The van der Waals surface area contributed by atoms with E-state index in [2.05, 4.69) is 5.32 Å². The first kappa shape index (κ1) is 18.4. The van der Waals surface area contributed by atoms with Gasteiger partial charge < -0.3 is 10.4 Å². The van der Waals surface area contributed by atoms with Crippen LogP contribution < -0.4 is 5.32 Å². The highest BCUT2D eigenvalue weighted by Gasteiger charge is 2.31. The van der Waals surface area contributed by atoms with Crippen molar-refractivity contribution in [3.8, 4) is 0 Å². The van der Waals surface area contributed by atoms with E-state index in [1.54, 1.807) is 5.38 Å². The summed E-state index contributed by atoms with van der Waals surface area (Å²) in [5.41, 5.74) is -0.489. The first-order valence-electron chi connectivity index (χ1n) is 6.63. The van der Waals surface area contributed by atoms with Crippen LogP contribution in [0.3, 0.4) is 0 Å². The summed E-state index contributed by atoms with van der Waals surface area (Å²) < 4.78 is 24.8. The average Bonchev–Trinajstić information content (AvgIpc) is 2.82. The van der Waals surface area contributed by atoms with Gasteiger partial charge in [0.2, 0.25) is 0 Å². The van der Waals surface area contributed by atoms with E-state index >= 15 is 0 Å². The van der Waals surface area contributed by atoms with Gasteiger partial charge in [-0.3, -0.25) is 4.79 Å². The molecular weight excluding hydrogens is 316 g/mol. The molecule has 0 saturated heterocycles. The van der Waals surface area contributed by atoms with Crippen LogP contribution in [0.2, 0.25) is 0 Å². The highest BCUT2D eigenvalue weighted by Crippen LogP contribution is 2.32. The number of aliphatic hydroxyl groups excluding tert-OH is 1. The molecule has 0 saturated carbocycles. The van der Waals surface area contributed by atoms with Gasteiger partial charge in [0.15, 0.2) is 0 Å². The topological polar surface area (TPSA) is 49.3 Å². The maximum absolute atomic E-state index is 12.4. The molecule has 120 valence electrons. The summed E-state index contributed by atoms with van der Waals surface area (Å²) in [5, 5.41) is 14.5. The maximum Gasteiger partial charge on any atom is 0.288 e. The van der Waals surface area contributed by atoms with Crippen molar-refractivity contribution in [3.63, 3.8) is 0 Å². The Balaban J connectivity index is 2.68. The number of aliphatic hydroxyl groups is 1. The van der Waals surface area contributed by atoms with Gasteiger partial charge in [0.1, 0.15) is 4.88 Å². The summed E-state index contributed by atoms with van der Waals surface area (Å²) in [6, 6.07) is 1.52. The Morgan fingerprint density at radius 3 is 2.62 bits per heavy atom. The summed E-state index contributed by atoms with van der Waals surface area (Å²) in [6.07, 6.45) is -0.559. The lowest BCUT2D eigenvalue weighted by Gasteiger charge is -2.33. The number of halogens is 2. The Morgan fingerprint density at radius 1 is 1.48 bits per heavy atom. The Kier molecular flexibility index (Phi) is 6.62. The second kappa shape index (κ2) is 7.56. The van der Waals surface area contributed by atoms with Crippen LogP contribution >= 0.6 is 23.1 Å². The molecule has 0 bridgehead atoms. The van der Waals surface area contributed by atoms with E-state index in [0.29, 0.717) is 11.8 Å². The molecule has 1 amide bonds. The van der Waals surface area contributed by atoms with Crippen molar-refractivity contribution in [2.45, 2.75) is 44.5 Å². The number of carbonyl (C=O) groups is 1. The van der Waals surface area contributed by atoms with Crippen LogP contribution in [-0.4, -0.2) is 29.4 Å². The van der Waals surface area contributed by atoms with Crippen molar-refractivity contribution in [1.82, 2.24) is 5.32 Å². The molecule has 1 aromatic heterocycles. The van der Waals surface area contributed by atoms with E-state index in [0.717, 1.165) is 11.3 Å². The van der Waals surface area contributed by atoms with Gasteiger partial charge in [-0.1, -0.05) is 39.5 Å². The lowest BCUT2D eigenvalue weighted by molar-refractivity contribution is 0.0138. The Hall–Kier alpha value is -0.660. The summed E-state index contributed by atoms with van der Waals surface area (Å²) in [6.45, 7) is 7.82. The van der Waals surface area contributed by atoms with Crippen LogP contribution in [0.25, 0.3) is 0 Å². The molecule has 0 fully saturated rings. The summed E-state index contributed by atoms with van der Waals surface area (Å²) in [4.78, 5) is 12.7. The zero-order valence-corrected chi connectivity index (χ0v) is 14.2. The lowest BCUT2D eigenvalue weighted by Crippen LogP contribution is -2.43. The average molecular weight is 337 g/mol.